The lowest BCUT2D eigenvalue weighted by molar-refractivity contribution is -0.127. The molecule has 0 saturated heterocycles. The third kappa shape index (κ3) is 7.48. The second-order valence-electron chi connectivity index (χ2n) is 8.46. The highest BCUT2D eigenvalue weighted by Crippen LogP contribution is 2.30. The minimum absolute atomic E-state index is 0.0519. The van der Waals surface area contributed by atoms with Crippen LogP contribution in [0.1, 0.15) is 35.6 Å². The van der Waals surface area contributed by atoms with E-state index in [2.05, 4.69) is 15.6 Å². The summed E-state index contributed by atoms with van der Waals surface area (Å²) in [5.74, 6) is -0.587. The molecule has 0 saturated carbocycles. The van der Waals surface area contributed by atoms with Crippen LogP contribution in [0.15, 0.2) is 72.9 Å². The van der Waals surface area contributed by atoms with E-state index in [1.54, 1.807) is 37.6 Å². The quantitative estimate of drug-likeness (QED) is 0.398. The van der Waals surface area contributed by atoms with Gasteiger partial charge in [-0.3, -0.25) is 19.3 Å². The zero-order valence-electron chi connectivity index (χ0n) is 20.9. The van der Waals surface area contributed by atoms with Gasteiger partial charge in [0.05, 0.1) is 6.61 Å². The van der Waals surface area contributed by atoms with E-state index >= 15 is 0 Å². The average molecular weight is 489 g/mol. The fourth-order valence-electron chi connectivity index (χ4n) is 3.74. The predicted octanol–water partition coefficient (Wildman–Crippen LogP) is 3.95. The summed E-state index contributed by atoms with van der Waals surface area (Å²) in [6.45, 7) is 4.53. The van der Waals surface area contributed by atoms with E-state index in [-0.39, 0.29) is 30.6 Å². The van der Waals surface area contributed by atoms with Crippen LogP contribution in [0, 0.1) is 13.8 Å². The van der Waals surface area contributed by atoms with E-state index in [0.717, 1.165) is 11.1 Å². The van der Waals surface area contributed by atoms with Crippen LogP contribution in [-0.2, 0) is 19.1 Å². The van der Waals surface area contributed by atoms with Crippen molar-refractivity contribution in [2.45, 2.75) is 32.7 Å². The smallest absolute Gasteiger partial charge is 0.247 e. The number of anilines is 2. The zero-order chi connectivity index (χ0) is 25.9. The van der Waals surface area contributed by atoms with Crippen molar-refractivity contribution in [3.63, 3.8) is 0 Å². The Kier molecular flexibility index (Phi) is 9.71. The predicted molar refractivity (Wildman–Crippen MR) is 140 cm³/mol. The van der Waals surface area contributed by atoms with Crippen LogP contribution in [0.3, 0.4) is 0 Å². The standard InChI is InChI=1S/C28H32N4O4/c1-20-10-12-22(13-11-20)27(28(35)30-17-18-36-3)32(23-8-6-7-21(2)19-23)26(34)15-14-25(33)31-24-9-4-5-16-29-24/h4-13,16,19,27H,14-15,17-18H2,1-3H3,(H,30,35)(H,29,31,33)/t27-/m0/s1. The molecule has 1 heterocycles. The maximum absolute atomic E-state index is 13.7. The molecule has 0 unspecified atom stereocenters. The van der Waals surface area contributed by atoms with Crippen LogP contribution >= 0.6 is 0 Å². The largest absolute Gasteiger partial charge is 0.383 e. The maximum Gasteiger partial charge on any atom is 0.247 e. The number of nitrogens with zero attached hydrogens (tertiary/aromatic N) is 2. The first-order valence-electron chi connectivity index (χ1n) is 11.8. The summed E-state index contributed by atoms with van der Waals surface area (Å²) in [7, 11) is 1.56. The number of ether oxygens (including phenoxy) is 1. The van der Waals surface area contributed by atoms with Crippen molar-refractivity contribution in [3.05, 3.63) is 89.6 Å². The molecule has 0 aliphatic heterocycles. The Morgan fingerprint density at radius 2 is 1.72 bits per heavy atom. The van der Waals surface area contributed by atoms with Gasteiger partial charge in [-0.15, -0.1) is 0 Å². The molecule has 3 amide bonds. The lowest BCUT2D eigenvalue weighted by Crippen LogP contribution is -2.45. The summed E-state index contributed by atoms with van der Waals surface area (Å²) in [4.78, 5) is 45.2. The number of pyridine rings is 1. The van der Waals surface area contributed by atoms with Gasteiger partial charge in [-0.1, -0.05) is 48.0 Å². The summed E-state index contributed by atoms with van der Waals surface area (Å²) in [6, 6.07) is 19.2. The Hall–Kier alpha value is -4.04. The minimum Gasteiger partial charge on any atom is -0.383 e. The van der Waals surface area contributed by atoms with Crippen LogP contribution in [0.5, 0.6) is 0 Å². The lowest BCUT2D eigenvalue weighted by atomic mass is 10.0. The second kappa shape index (κ2) is 13.2. The van der Waals surface area contributed by atoms with Gasteiger partial charge in [-0.05, 0) is 49.2 Å². The molecule has 188 valence electrons. The van der Waals surface area contributed by atoms with Crippen molar-refractivity contribution in [2.24, 2.45) is 0 Å². The number of hydrogen-bond acceptors (Lipinski definition) is 5. The van der Waals surface area contributed by atoms with Gasteiger partial charge in [0.2, 0.25) is 17.7 Å². The molecule has 1 atom stereocenters. The summed E-state index contributed by atoms with van der Waals surface area (Å²) < 4.78 is 5.07. The Bertz CT molecular complexity index is 1170. The molecule has 36 heavy (non-hydrogen) atoms. The second-order valence-corrected chi connectivity index (χ2v) is 8.46. The van der Waals surface area contributed by atoms with Gasteiger partial charge >= 0.3 is 0 Å². The topological polar surface area (TPSA) is 101 Å². The minimum atomic E-state index is -0.921. The Morgan fingerprint density at radius 1 is 0.944 bits per heavy atom. The maximum atomic E-state index is 13.7. The number of carbonyl (C=O) groups is 3. The van der Waals surface area contributed by atoms with E-state index in [0.29, 0.717) is 30.2 Å². The normalized spacial score (nSPS) is 11.4. The first kappa shape index (κ1) is 26.6. The molecule has 0 spiro atoms. The summed E-state index contributed by atoms with van der Waals surface area (Å²) in [5.41, 5.74) is 3.23. The van der Waals surface area contributed by atoms with Gasteiger partial charge in [0.15, 0.2) is 0 Å². The Labute approximate surface area is 211 Å². The first-order chi connectivity index (χ1) is 17.4. The molecule has 0 aliphatic rings. The van der Waals surface area contributed by atoms with E-state index in [9.17, 15) is 14.4 Å². The van der Waals surface area contributed by atoms with Crippen molar-refractivity contribution in [2.75, 3.05) is 30.5 Å². The molecule has 3 rings (SSSR count). The van der Waals surface area contributed by atoms with Gasteiger partial charge in [-0.2, -0.15) is 0 Å². The molecule has 0 radical (unpaired) electrons. The van der Waals surface area contributed by atoms with Crippen LogP contribution < -0.4 is 15.5 Å². The molecule has 2 aromatic carbocycles. The monoisotopic (exact) mass is 488 g/mol. The molecule has 0 aliphatic carbocycles. The van der Waals surface area contributed by atoms with Crippen molar-refractivity contribution in [1.82, 2.24) is 10.3 Å². The van der Waals surface area contributed by atoms with E-state index in [4.69, 9.17) is 4.74 Å². The summed E-state index contributed by atoms with van der Waals surface area (Å²) in [6.07, 6.45) is 1.44. The van der Waals surface area contributed by atoms with Gasteiger partial charge < -0.3 is 15.4 Å². The average Bonchev–Trinajstić information content (AvgIpc) is 2.87. The number of aromatic nitrogens is 1. The third-order valence-corrected chi connectivity index (χ3v) is 5.55. The number of carbonyl (C=O) groups excluding carboxylic acids is 3. The van der Waals surface area contributed by atoms with Crippen LogP contribution in [-0.4, -0.2) is 43.0 Å². The molecular formula is C28H32N4O4. The molecular weight excluding hydrogens is 456 g/mol. The number of methoxy groups -OCH3 is 1. The molecule has 3 aromatic rings. The third-order valence-electron chi connectivity index (χ3n) is 5.55. The molecule has 2 N–H and O–H groups in total. The van der Waals surface area contributed by atoms with E-state index in [1.165, 1.54) is 4.90 Å². The van der Waals surface area contributed by atoms with Gasteiger partial charge in [0, 0.05) is 38.4 Å². The van der Waals surface area contributed by atoms with Crippen molar-refractivity contribution in [3.8, 4) is 0 Å². The van der Waals surface area contributed by atoms with Gasteiger partial charge in [0.1, 0.15) is 11.9 Å². The molecule has 0 fully saturated rings. The van der Waals surface area contributed by atoms with E-state index in [1.807, 2.05) is 56.3 Å². The van der Waals surface area contributed by atoms with E-state index < -0.39 is 6.04 Å². The number of aryl methyl sites for hydroxylation is 2. The van der Waals surface area contributed by atoms with Crippen molar-refractivity contribution >= 4 is 29.2 Å². The number of benzene rings is 2. The SMILES string of the molecule is COCCNC(=O)[C@H](c1ccc(C)cc1)N(C(=O)CCC(=O)Nc1ccccn1)c1cccc(C)c1. The molecule has 1 aromatic heterocycles. The van der Waals surface area contributed by atoms with Crippen LogP contribution in [0.2, 0.25) is 0 Å². The first-order valence-corrected chi connectivity index (χ1v) is 11.8. The Balaban J connectivity index is 1.90. The summed E-state index contributed by atoms with van der Waals surface area (Å²) in [5, 5.41) is 5.56. The van der Waals surface area contributed by atoms with Crippen LogP contribution in [0.4, 0.5) is 11.5 Å². The fraction of sp³-hybridized carbons (Fsp3) is 0.286. The molecule has 8 heteroatoms. The number of amides is 3. The summed E-state index contributed by atoms with van der Waals surface area (Å²) >= 11 is 0. The number of rotatable bonds is 11. The number of hydrogen-bond donors (Lipinski definition) is 2. The van der Waals surface area contributed by atoms with Gasteiger partial charge in [-0.25, -0.2) is 4.98 Å². The molecule has 0 bridgehead atoms. The zero-order valence-corrected chi connectivity index (χ0v) is 20.9. The number of nitrogens with one attached hydrogen (secondary N) is 2. The van der Waals surface area contributed by atoms with Crippen molar-refractivity contribution in [1.29, 1.82) is 0 Å². The highest BCUT2D eigenvalue weighted by molar-refractivity contribution is 6.03. The highest BCUT2D eigenvalue weighted by Gasteiger charge is 2.32. The fourth-order valence-corrected chi connectivity index (χ4v) is 3.74. The van der Waals surface area contributed by atoms with Crippen LogP contribution in [0.25, 0.3) is 0 Å². The van der Waals surface area contributed by atoms with Gasteiger partial charge in [0.25, 0.3) is 0 Å². The lowest BCUT2D eigenvalue weighted by Gasteiger charge is -2.32. The Morgan fingerprint density at radius 3 is 2.39 bits per heavy atom. The molecule has 8 nitrogen and oxygen atoms in total. The highest BCUT2D eigenvalue weighted by atomic mass is 16.5. The van der Waals surface area contributed by atoms with Crippen molar-refractivity contribution < 1.29 is 19.1 Å².